The van der Waals surface area contributed by atoms with Gasteiger partial charge in [-0.05, 0) is 46.2 Å². The van der Waals surface area contributed by atoms with Crippen LogP contribution in [-0.4, -0.2) is 0 Å². The Morgan fingerprint density at radius 2 is 1.05 bits per heavy atom. The maximum atomic E-state index is 3.92. The maximum absolute atomic E-state index is 3.92. The molecule has 0 heterocycles. The zero-order valence-corrected chi connectivity index (χ0v) is 13.0. The molecule has 0 amide bonds. The molecule has 0 heteroatoms. The fourth-order valence-corrected chi connectivity index (χ4v) is 2.42. The van der Waals surface area contributed by atoms with E-state index in [1.54, 1.807) is 0 Å². The van der Waals surface area contributed by atoms with Gasteiger partial charge in [-0.2, -0.15) is 0 Å². The standard InChI is InChI=1S/C18H18.C2H6.CH4/c1-5-13-9-10-15(7-3)18-16(8-4)12-11-14(6-2)17(13)18;1-2;/h5-12H,1,3H2,2,4H3;1-2H3;1H4/b14-6-,16-8-;;. The van der Waals surface area contributed by atoms with E-state index in [2.05, 4.69) is 63.4 Å². The molecule has 0 aromatic heterocycles. The smallest absolute Gasteiger partial charge is 0.00304 e. The molecular weight excluding hydrogens is 252 g/mol. The normalized spacial score (nSPS) is 11.4. The van der Waals surface area contributed by atoms with E-state index >= 15 is 0 Å². The molecule has 0 spiro atoms. The second-order valence-electron chi connectivity index (χ2n) is 4.22. The topological polar surface area (TPSA) is 0 Å². The van der Waals surface area contributed by atoms with E-state index in [9.17, 15) is 0 Å². The quantitative estimate of drug-likeness (QED) is 0.692. The molecule has 0 aliphatic heterocycles. The Balaban J connectivity index is 0.00000128. The second-order valence-corrected chi connectivity index (χ2v) is 4.22. The molecule has 112 valence electrons. The van der Waals surface area contributed by atoms with E-state index in [0.717, 1.165) is 0 Å². The summed E-state index contributed by atoms with van der Waals surface area (Å²) in [5, 5.41) is 5.02. The van der Waals surface area contributed by atoms with Gasteiger partial charge in [0.05, 0.1) is 0 Å². The van der Waals surface area contributed by atoms with E-state index in [1.165, 1.54) is 32.3 Å². The highest BCUT2D eigenvalue weighted by Gasteiger charge is 2.04. The van der Waals surface area contributed by atoms with Gasteiger partial charge < -0.3 is 0 Å². The SMILES string of the molecule is C.C=Cc1ccc(C=C)c2/c(=C\C)cc/c(=C/C)c12.CC. The lowest BCUT2D eigenvalue weighted by Crippen LogP contribution is -2.13. The van der Waals surface area contributed by atoms with Crippen molar-refractivity contribution in [3.8, 4) is 0 Å². The fraction of sp³-hybridized carbons (Fsp3) is 0.238. The monoisotopic (exact) mass is 280 g/mol. The molecule has 0 aliphatic carbocycles. The minimum atomic E-state index is 0. The minimum absolute atomic E-state index is 0. The fourth-order valence-electron chi connectivity index (χ4n) is 2.42. The van der Waals surface area contributed by atoms with Crippen LogP contribution in [0.1, 0.15) is 46.2 Å². The van der Waals surface area contributed by atoms with Crippen molar-refractivity contribution >= 4 is 35.1 Å². The van der Waals surface area contributed by atoms with E-state index in [1.807, 2.05) is 26.0 Å². The summed E-state index contributed by atoms with van der Waals surface area (Å²) in [5.74, 6) is 0. The van der Waals surface area contributed by atoms with Crippen molar-refractivity contribution in [3.63, 3.8) is 0 Å². The van der Waals surface area contributed by atoms with Gasteiger partial charge in [0, 0.05) is 0 Å². The molecule has 0 bridgehead atoms. The summed E-state index contributed by atoms with van der Waals surface area (Å²) in [6.07, 6.45) is 8.12. The Kier molecular flexibility index (Phi) is 8.08. The van der Waals surface area contributed by atoms with Crippen LogP contribution in [0.15, 0.2) is 37.4 Å². The van der Waals surface area contributed by atoms with Crippen molar-refractivity contribution in [1.29, 1.82) is 0 Å². The third kappa shape index (κ3) is 3.52. The van der Waals surface area contributed by atoms with Crippen molar-refractivity contribution in [1.82, 2.24) is 0 Å². The molecule has 0 radical (unpaired) electrons. The first-order valence-corrected chi connectivity index (χ1v) is 7.20. The van der Waals surface area contributed by atoms with Gasteiger partial charge >= 0.3 is 0 Å². The van der Waals surface area contributed by atoms with Gasteiger partial charge in [-0.15, -0.1) is 0 Å². The van der Waals surface area contributed by atoms with E-state index < -0.39 is 0 Å². The number of hydrogen-bond donors (Lipinski definition) is 0. The van der Waals surface area contributed by atoms with Gasteiger partial charge in [-0.3, -0.25) is 0 Å². The molecule has 0 saturated carbocycles. The van der Waals surface area contributed by atoms with Crippen LogP contribution in [0.2, 0.25) is 0 Å². The number of hydrogen-bond acceptors (Lipinski definition) is 0. The van der Waals surface area contributed by atoms with E-state index in [4.69, 9.17) is 0 Å². The largest absolute Gasteiger partial charge is 0.0984 e. The van der Waals surface area contributed by atoms with Crippen LogP contribution in [0.4, 0.5) is 0 Å². The molecular formula is C21H28. The van der Waals surface area contributed by atoms with Gasteiger partial charge in [0.15, 0.2) is 0 Å². The predicted molar refractivity (Wildman–Crippen MR) is 102 cm³/mol. The molecule has 0 N–H and O–H groups in total. The number of benzene rings is 2. The third-order valence-electron chi connectivity index (χ3n) is 3.35. The average molecular weight is 280 g/mol. The lowest BCUT2D eigenvalue weighted by Gasteiger charge is -2.08. The molecule has 21 heavy (non-hydrogen) atoms. The van der Waals surface area contributed by atoms with Crippen LogP contribution in [-0.2, 0) is 0 Å². The molecule has 2 rings (SSSR count). The van der Waals surface area contributed by atoms with Crippen LogP contribution in [0, 0.1) is 0 Å². The Morgan fingerprint density at radius 3 is 1.29 bits per heavy atom. The van der Waals surface area contributed by atoms with Gasteiger partial charge in [0.1, 0.15) is 0 Å². The van der Waals surface area contributed by atoms with Gasteiger partial charge in [-0.1, -0.05) is 83.0 Å². The highest BCUT2D eigenvalue weighted by Crippen LogP contribution is 2.19. The highest BCUT2D eigenvalue weighted by molar-refractivity contribution is 5.97. The summed E-state index contributed by atoms with van der Waals surface area (Å²) in [6.45, 7) is 16.0. The minimum Gasteiger partial charge on any atom is -0.0984 e. The molecule has 0 fully saturated rings. The van der Waals surface area contributed by atoms with E-state index in [-0.39, 0.29) is 7.43 Å². The van der Waals surface area contributed by atoms with E-state index in [0.29, 0.717) is 0 Å². The molecule has 0 saturated heterocycles. The lowest BCUT2D eigenvalue weighted by atomic mass is 9.95. The predicted octanol–water partition coefficient (Wildman–Crippen LogP) is 5.39. The third-order valence-corrected chi connectivity index (χ3v) is 3.35. The zero-order valence-electron chi connectivity index (χ0n) is 13.0. The van der Waals surface area contributed by atoms with Crippen molar-refractivity contribution in [3.05, 3.63) is 59.0 Å². The van der Waals surface area contributed by atoms with Gasteiger partial charge in [-0.25, -0.2) is 0 Å². The average Bonchev–Trinajstić information content (AvgIpc) is 2.54. The summed E-state index contributed by atoms with van der Waals surface area (Å²) < 4.78 is 0. The Morgan fingerprint density at radius 1 is 0.714 bits per heavy atom. The van der Waals surface area contributed by atoms with Crippen molar-refractivity contribution in [2.45, 2.75) is 35.1 Å². The molecule has 0 aliphatic rings. The van der Waals surface area contributed by atoms with Crippen LogP contribution < -0.4 is 10.4 Å². The summed E-state index contributed by atoms with van der Waals surface area (Å²) in [6, 6.07) is 8.55. The van der Waals surface area contributed by atoms with Gasteiger partial charge in [0.2, 0.25) is 0 Å². The molecule has 0 unspecified atom stereocenters. The zero-order chi connectivity index (χ0) is 15.1. The first-order chi connectivity index (χ1) is 9.76. The highest BCUT2D eigenvalue weighted by atomic mass is 14.1. The van der Waals surface area contributed by atoms with Crippen molar-refractivity contribution in [2.24, 2.45) is 0 Å². The Bertz CT molecular complexity index is 666. The summed E-state index contributed by atoms with van der Waals surface area (Å²) in [4.78, 5) is 0. The van der Waals surface area contributed by atoms with Gasteiger partial charge in [0.25, 0.3) is 0 Å². The summed E-state index contributed by atoms with van der Waals surface area (Å²) in [7, 11) is 0. The molecule has 0 atom stereocenters. The molecule has 0 nitrogen and oxygen atoms in total. The van der Waals surface area contributed by atoms with Crippen LogP contribution in [0.5, 0.6) is 0 Å². The summed E-state index contributed by atoms with van der Waals surface area (Å²) >= 11 is 0. The first kappa shape index (κ1) is 18.9. The second kappa shape index (κ2) is 8.97. The molecule has 2 aromatic carbocycles. The number of fused-ring (bicyclic) bond motifs is 1. The summed E-state index contributed by atoms with van der Waals surface area (Å²) in [5.41, 5.74) is 2.35. The van der Waals surface area contributed by atoms with Crippen LogP contribution in [0.25, 0.3) is 35.1 Å². The van der Waals surface area contributed by atoms with Crippen LogP contribution in [0.3, 0.4) is 0 Å². The first-order valence-electron chi connectivity index (χ1n) is 7.20. The lowest BCUT2D eigenvalue weighted by molar-refractivity contribution is 1.50. The Labute approximate surface area is 129 Å². The number of rotatable bonds is 2. The Hall–Kier alpha value is -2.08. The maximum Gasteiger partial charge on any atom is -0.00304 e. The van der Waals surface area contributed by atoms with Crippen molar-refractivity contribution in [2.75, 3.05) is 0 Å². The van der Waals surface area contributed by atoms with Crippen molar-refractivity contribution < 1.29 is 0 Å². The van der Waals surface area contributed by atoms with Crippen LogP contribution >= 0.6 is 0 Å². The molecule has 2 aromatic rings.